The van der Waals surface area contributed by atoms with Crippen LogP contribution in [0.25, 0.3) is 0 Å². The molecule has 0 N–H and O–H groups in total. The van der Waals surface area contributed by atoms with E-state index < -0.39 is 0 Å². The molecule has 1 aliphatic rings. The molecule has 0 saturated carbocycles. The lowest BCUT2D eigenvalue weighted by Crippen LogP contribution is -2.27. The summed E-state index contributed by atoms with van der Waals surface area (Å²) in [4.78, 5) is 10.8. The molecule has 1 aliphatic heterocycles. The van der Waals surface area contributed by atoms with Gasteiger partial charge in [0.15, 0.2) is 0 Å². The van der Waals surface area contributed by atoms with E-state index in [4.69, 9.17) is 0 Å². The Morgan fingerprint density at radius 3 is 2.67 bits per heavy atom. The van der Waals surface area contributed by atoms with Crippen LogP contribution in [0.1, 0.15) is 20.3 Å². The van der Waals surface area contributed by atoms with Crippen molar-refractivity contribution in [3.8, 4) is 0 Å². The molecule has 0 aliphatic carbocycles. The molecule has 0 unspecified atom stereocenters. The molecule has 9 heavy (non-hydrogen) atoms. The number of hydrogen-bond donors (Lipinski definition) is 0. The molecule has 0 spiro atoms. The van der Waals surface area contributed by atoms with E-state index in [2.05, 4.69) is 5.10 Å². The van der Waals surface area contributed by atoms with Crippen LogP contribution in [-0.4, -0.2) is 23.2 Å². The summed E-state index contributed by atoms with van der Waals surface area (Å²) < 4.78 is 0. The summed E-state index contributed by atoms with van der Waals surface area (Å²) in [5, 5.41) is 5.38. The van der Waals surface area contributed by atoms with Gasteiger partial charge in [0.25, 0.3) is 0 Å². The summed E-state index contributed by atoms with van der Waals surface area (Å²) in [7, 11) is 0. The van der Waals surface area contributed by atoms with Gasteiger partial charge < -0.3 is 0 Å². The van der Waals surface area contributed by atoms with Crippen molar-refractivity contribution >= 4 is 12.1 Å². The van der Waals surface area contributed by atoms with Crippen LogP contribution in [0.4, 0.5) is 0 Å². The monoisotopic (exact) mass is 126 g/mol. The van der Waals surface area contributed by atoms with Gasteiger partial charge in [0.05, 0.1) is 6.42 Å². The quantitative estimate of drug-likeness (QED) is 0.506. The minimum absolute atomic E-state index is 0.102. The fourth-order valence-corrected chi connectivity index (χ4v) is 0.786. The van der Waals surface area contributed by atoms with Crippen LogP contribution in [0.15, 0.2) is 5.10 Å². The molecule has 50 valence electrons. The summed E-state index contributed by atoms with van der Waals surface area (Å²) in [6.45, 7) is 3.89. The number of nitrogens with zero attached hydrogens (tertiary/aromatic N) is 2. The van der Waals surface area contributed by atoms with Crippen molar-refractivity contribution in [1.82, 2.24) is 5.01 Å². The molecular weight excluding hydrogens is 116 g/mol. The zero-order valence-electron chi connectivity index (χ0n) is 5.66. The van der Waals surface area contributed by atoms with Gasteiger partial charge in [0.2, 0.25) is 5.91 Å². The average Bonchev–Trinajstić information content (AvgIpc) is 2.13. The number of hydrazone groups is 1. The van der Waals surface area contributed by atoms with E-state index in [-0.39, 0.29) is 11.9 Å². The lowest BCUT2D eigenvalue weighted by Gasteiger charge is -2.15. The van der Waals surface area contributed by atoms with Gasteiger partial charge in [-0.3, -0.25) is 4.79 Å². The maximum Gasteiger partial charge on any atom is 0.248 e. The normalized spacial score (nSPS) is 18.1. The van der Waals surface area contributed by atoms with Crippen LogP contribution in [-0.2, 0) is 4.79 Å². The van der Waals surface area contributed by atoms with Gasteiger partial charge in [-0.15, -0.1) is 0 Å². The highest BCUT2D eigenvalue weighted by Crippen LogP contribution is 2.06. The van der Waals surface area contributed by atoms with E-state index in [0.717, 1.165) is 0 Å². The summed E-state index contributed by atoms with van der Waals surface area (Å²) in [5.74, 6) is 0.102. The third kappa shape index (κ3) is 1.09. The van der Waals surface area contributed by atoms with Crippen molar-refractivity contribution in [2.24, 2.45) is 5.10 Å². The average molecular weight is 126 g/mol. The minimum Gasteiger partial charge on any atom is -0.273 e. The fraction of sp³-hybridized carbons (Fsp3) is 0.667. The number of carbonyl (C=O) groups excluding carboxylic acids is 1. The van der Waals surface area contributed by atoms with Crippen molar-refractivity contribution < 1.29 is 4.79 Å². The Labute approximate surface area is 54.3 Å². The Bertz CT molecular complexity index is 151. The van der Waals surface area contributed by atoms with Crippen LogP contribution in [0.3, 0.4) is 0 Å². The lowest BCUT2D eigenvalue weighted by molar-refractivity contribution is -0.130. The number of hydrogen-bond acceptors (Lipinski definition) is 2. The second-order valence-electron chi connectivity index (χ2n) is 2.33. The summed E-state index contributed by atoms with van der Waals surface area (Å²) >= 11 is 0. The SMILES string of the molecule is CC(C)N1N=CCC1=O. The molecule has 0 saturated heterocycles. The highest BCUT2D eigenvalue weighted by atomic mass is 16.2. The summed E-state index contributed by atoms with van der Waals surface area (Å²) in [6, 6.07) is 0.205. The number of rotatable bonds is 1. The fourth-order valence-electron chi connectivity index (χ4n) is 0.786. The first-order chi connectivity index (χ1) is 4.22. The molecule has 0 aromatic carbocycles. The first-order valence-corrected chi connectivity index (χ1v) is 3.06. The van der Waals surface area contributed by atoms with Crippen LogP contribution in [0, 0.1) is 0 Å². The van der Waals surface area contributed by atoms with E-state index in [1.807, 2.05) is 13.8 Å². The maximum atomic E-state index is 10.8. The standard InChI is InChI=1S/C6H10N2O/c1-5(2)8-6(9)3-4-7-8/h4-5H,3H2,1-2H3. The van der Waals surface area contributed by atoms with Gasteiger partial charge in [-0.05, 0) is 13.8 Å². The third-order valence-corrected chi connectivity index (χ3v) is 1.22. The summed E-state index contributed by atoms with van der Waals surface area (Å²) in [5.41, 5.74) is 0. The van der Waals surface area contributed by atoms with Gasteiger partial charge in [-0.1, -0.05) is 0 Å². The molecular formula is C6H10N2O. The first-order valence-electron chi connectivity index (χ1n) is 3.06. The number of amides is 1. The highest BCUT2D eigenvalue weighted by molar-refractivity contribution is 5.93. The Balaban J connectivity index is 2.59. The van der Waals surface area contributed by atoms with Crippen molar-refractivity contribution in [2.75, 3.05) is 0 Å². The van der Waals surface area contributed by atoms with Gasteiger partial charge in [0.1, 0.15) is 0 Å². The molecule has 1 heterocycles. The van der Waals surface area contributed by atoms with E-state index in [1.165, 1.54) is 5.01 Å². The van der Waals surface area contributed by atoms with Crippen LogP contribution in [0.2, 0.25) is 0 Å². The van der Waals surface area contributed by atoms with E-state index in [1.54, 1.807) is 6.21 Å². The Morgan fingerprint density at radius 1 is 1.78 bits per heavy atom. The largest absolute Gasteiger partial charge is 0.273 e. The first kappa shape index (κ1) is 6.26. The maximum absolute atomic E-state index is 10.8. The van der Waals surface area contributed by atoms with Crippen molar-refractivity contribution in [3.63, 3.8) is 0 Å². The van der Waals surface area contributed by atoms with Crippen LogP contribution in [0.5, 0.6) is 0 Å². The zero-order valence-corrected chi connectivity index (χ0v) is 5.66. The van der Waals surface area contributed by atoms with Gasteiger partial charge in [-0.25, -0.2) is 5.01 Å². The van der Waals surface area contributed by atoms with Crippen molar-refractivity contribution in [3.05, 3.63) is 0 Å². The third-order valence-electron chi connectivity index (χ3n) is 1.22. The molecule has 0 atom stereocenters. The summed E-state index contributed by atoms with van der Waals surface area (Å²) in [6.07, 6.45) is 2.11. The molecule has 1 rings (SSSR count). The van der Waals surface area contributed by atoms with Crippen molar-refractivity contribution in [1.29, 1.82) is 0 Å². The molecule has 1 amide bonds. The predicted molar refractivity (Wildman–Crippen MR) is 35.1 cm³/mol. The molecule has 0 aromatic rings. The number of carbonyl (C=O) groups is 1. The van der Waals surface area contributed by atoms with Gasteiger partial charge >= 0.3 is 0 Å². The van der Waals surface area contributed by atoms with E-state index in [0.29, 0.717) is 6.42 Å². The van der Waals surface area contributed by atoms with Gasteiger partial charge in [0, 0.05) is 12.3 Å². The Hall–Kier alpha value is -0.860. The molecule has 0 bridgehead atoms. The topological polar surface area (TPSA) is 32.7 Å². The van der Waals surface area contributed by atoms with Crippen molar-refractivity contribution in [2.45, 2.75) is 26.3 Å². The van der Waals surface area contributed by atoms with Crippen LogP contribution < -0.4 is 0 Å². The second kappa shape index (κ2) is 2.17. The predicted octanol–water partition coefficient (Wildman–Crippen LogP) is 0.613. The van der Waals surface area contributed by atoms with E-state index >= 15 is 0 Å². The second-order valence-corrected chi connectivity index (χ2v) is 2.33. The lowest BCUT2D eigenvalue weighted by atomic mass is 10.3. The Kier molecular flexibility index (Phi) is 1.51. The molecule has 0 aromatic heterocycles. The zero-order chi connectivity index (χ0) is 6.85. The molecule has 0 radical (unpaired) electrons. The Morgan fingerprint density at radius 2 is 2.44 bits per heavy atom. The smallest absolute Gasteiger partial charge is 0.248 e. The molecule has 3 nitrogen and oxygen atoms in total. The molecule has 3 heteroatoms. The van der Waals surface area contributed by atoms with Gasteiger partial charge in [-0.2, -0.15) is 5.10 Å². The van der Waals surface area contributed by atoms with Crippen LogP contribution >= 0.6 is 0 Å². The van der Waals surface area contributed by atoms with E-state index in [9.17, 15) is 4.79 Å². The highest BCUT2D eigenvalue weighted by Gasteiger charge is 2.18. The minimum atomic E-state index is 0.102. The molecule has 0 fully saturated rings.